The van der Waals surface area contributed by atoms with E-state index in [-0.39, 0.29) is 10.9 Å². The molecule has 1 N–H and O–H groups in total. The van der Waals surface area contributed by atoms with Crippen LogP contribution in [0.3, 0.4) is 0 Å². The summed E-state index contributed by atoms with van der Waals surface area (Å²) in [5, 5.41) is 0.610. The SMILES string of the molecule is COc1ccccc1S(=O)(=O)NC(C)c1ccc(Cl)cc1. The number of hydrogen-bond acceptors (Lipinski definition) is 3. The summed E-state index contributed by atoms with van der Waals surface area (Å²) in [6, 6.07) is 13.2. The number of rotatable bonds is 5. The van der Waals surface area contributed by atoms with Gasteiger partial charge in [-0.2, -0.15) is 0 Å². The second-order valence-electron chi connectivity index (χ2n) is 4.55. The maximum Gasteiger partial charge on any atom is 0.244 e. The first-order chi connectivity index (χ1) is 9.94. The van der Waals surface area contributed by atoms with Gasteiger partial charge in [-0.1, -0.05) is 35.9 Å². The molecule has 1 unspecified atom stereocenters. The molecule has 0 heterocycles. The zero-order valence-corrected chi connectivity index (χ0v) is 13.3. The zero-order valence-electron chi connectivity index (χ0n) is 11.7. The topological polar surface area (TPSA) is 55.4 Å². The monoisotopic (exact) mass is 325 g/mol. The molecule has 2 aromatic carbocycles. The minimum atomic E-state index is -3.67. The average Bonchev–Trinajstić information content (AvgIpc) is 2.47. The van der Waals surface area contributed by atoms with Crippen molar-refractivity contribution in [2.24, 2.45) is 0 Å². The molecule has 0 saturated heterocycles. The van der Waals surface area contributed by atoms with Gasteiger partial charge in [-0.25, -0.2) is 13.1 Å². The summed E-state index contributed by atoms with van der Waals surface area (Å²) in [7, 11) is -2.23. The highest BCUT2D eigenvalue weighted by atomic mass is 35.5. The first-order valence-electron chi connectivity index (χ1n) is 6.35. The minimum absolute atomic E-state index is 0.119. The maximum absolute atomic E-state index is 12.4. The van der Waals surface area contributed by atoms with Gasteiger partial charge in [-0.15, -0.1) is 0 Å². The summed E-state index contributed by atoms with van der Waals surface area (Å²) in [4.78, 5) is 0.119. The highest BCUT2D eigenvalue weighted by molar-refractivity contribution is 7.89. The maximum atomic E-state index is 12.4. The van der Waals surface area contributed by atoms with Gasteiger partial charge in [0.2, 0.25) is 10.0 Å². The van der Waals surface area contributed by atoms with Gasteiger partial charge >= 0.3 is 0 Å². The van der Waals surface area contributed by atoms with E-state index in [1.807, 2.05) is 0 Å². The van der Waals surface area contributed by atoms with Crippen molar-refractivity contribution < 1.29 is 13.2 Å². The van der Waals surface area contributed by atoms with E-state index < -0.39 is 10.0 Å². The number of methoxy groups -OCH3 is 1. The standard InChI is InChI=1S/C15H16ClNO3S/c1-11(12-7-9-13(16)10-8-12)17-21(18,19)15-6-4-3-5-14(15)20-2/h3-11,17H,1-2H3. The van der Waals surface area contributed by atoms with Crippen molar-refractivity contribution in [3.8, 4) is 5.75 Å². The van der Waals surface area contributed by atoms with Crippen LogP contribution < -0.4 is 9.46 Å². The Kier molecular flexibility index (Phi) is 4.88. The summed E-state index contributed by atoms with van der Waals surface area (Å²) in [6.45, 7) is 1.77. The lowest BCUT2D eigenvalue weighted by molar-refractivity contribution is 0.402. The first-order valence-corrected chi connectivity index (χ1v) is 8.21. The molecule has 21 heavy (non-hydrogen) atoms. The molecular weight excluding hydrogens is 310 g/mol. The fourth-order valence-corrected chi connectivity index (χ4v) is 3.48. The molecule has 0 aliphatic rings. The normalized spacial score (nSPS) is 12.9. The van der Waals surface area contributed by atoms with Crippen LogP contribution in [0, 0.1) is 0 Å². The Bertz CT molecular complexity index is 714. The fourth-order valence-electron chi connectivity index (χ4n) is 1.96. The highest BCUT2D eigenvalue weighted by Crippen LogP contribution is 2.25. The molecule has 0 saturated carbocycles. The second kappa shape index (κ2) is 6.47. The summed E-state index contributed by atoms with van der Waals surface area (Å²) < 4.78 is 32.6. The van der Waals surface area contributed by atoms with Crippen LogP contribution in [-0.4, -0.2) is 15.5 Å². The van der Waals surface area contributed by atoms with Gasteiger partial charge in [0.25, 0.3) is 0 Å². The van der Waals surface area contributed by atoms with Gasteiger partial charge in [0, 0.05) is 11.1 Å². The van der Waals surface area contributed by atoms with E-state index in [9.17, 15) is 8.42 Å². The van der Waals surface area contributed by atoms with Crippen molar-refractivity contribution in [2.75, 3.05) is 7.11 Å². The molecular formula is C15H16ClNO3S. The van der Waals surface area contributed by atoms with Crippen LogP contribution in [-0.2, 0) is 10.0 Å². The van der Waals surface area contributed by atoms with Crippen molar-refractivity contribution in [1.82, 2.24) is 4.72 Å². The molecule has 0 amide bonds. The van der Waals surface area contributed by atoms with Gasteiger partial charge in [0.05, 0.1) is 7.11 Å². The minimum Gasteiger partial charge on any atom is -0.495 e. The van der Waals surface area contributed by atoms with Crippen LogP contribution in [0.4, 0.5) is 0 Å². The second-order valence-corrected chi connectivity index (χ2v) is 6.66. The third kappa shape index (κ3) is 3.75. The van der Waals surface area contributed by atoms with Crippen LogP contribution in [0.1, 0.15) is 18.5 Å². The lowest BCUT2D eigenvalue weighted by Crippen LogP contribution is -2.27. The molecule has 0 aliphatic heterocycles. The van der Waals surface area contributed by atoms with E-state index in [1.165, 1.54) is 13.2 Å². The predicted octanol–water partition coefficient (Wildman–Crippen LogP) is 3.39. The van der Waals surface area contributed by atoms with Crippen LogP contribution in [0.2, 0.25) is 5.02 Å². The third-order valence-corrected chi connectivity index (χ3v) is 4.89. The van der Waals surface area contributed by atoms with E-state index in [0.717, 1.165) is 5.56 Å². The summed E-state index contributed by atoms with van der Waals surface area (Å²) >= 11 is 5.83. The lowest BCUT2D eigenvalue weighted by atomic mass is 10.1. The van der Waals surface area contributed by atoms with E-state index in [4.69, 9.17) is 16.3 Å². The van der Waals surface area contributed by atoms with E-state index in [0.29, 0.717) is 10.8 Å². The molecule has 112 valence electrons. The van der Waals surface area contributed by atoms with Gasteiger partial charge < -0.3 is 4.74 Å². The van der Waals surface area contributed by atoms with Crippen LogP contribution in [0.5, 0.6) is 5.75 Å². The highest BCUT2D eigenvalue weighted by Gasteiger charge is 2.21. The Hall–Kier alpha value is -1.56. The van der Waals surface area contributed by atoms with Crippen molar-refractivity contribution in [2.45, 2.75) is 17.9 Å². The van der Waals surface area contributed by atoms with Gasteiger partial charge in [0.1, 0.15) is 10.6 Å². The Morgan fingerprint density at radius 1 is 1.10 bits per heavy atom. The van der Waals surface area contributed by atoms with Crippen LogP contribution in [0.15, 0.2) is 53.4 Å². The van der Waals surface area contributed by atoms with Crippen molar-refractivity contribution >= 4 is 21.6 Å². The summed E-state index contributed by atoms with van der Waals surface area (Å²) in [6.07, 6.45) is 0. The number of nitrogens with one attached hydrogen (secondary N) is 1. The van der Waals surface area contributed by atoms with Crippen molar-refractivity contribution in [3.05, 3.63) is 59.1 Å². The predicted molar refractivity (Wildman–Crippen MR) is 83.2 cm³/mol. The van der Waals surface area contributed by atoms with Crippen LogP contribution in [0.25, 0.3) is 0 Å². The fraction of sp³-hybridized carbons (Fsp3) is 0.200. The smallest absolute Gasteiger partial charge is 0.244 e. The van der Waals surface area contributed by atoms with Crippen molar-refractivity contribution in [3.63, 3.8) is 0 Å². The number of benzene rings is 2. The Morgan fingerprint density at radius 3 is 2.33 bits per heavy atom. The Morgan fingerprint density at radius 2 is 1.71 bits per heavy atom. The number of sulfonamides is 1. The largest absolute Gasteiger partial charge is 0.495 e. The summed E-state index contributed by atoms with van der Waals surface area (Å²) in [5.41, 5.74) is 0.831. The molecule has 0 fully saturated rings. The van der Waals surface area contributed by atoms with Crippen molar-refractivity contribution in [1.29, 1.82) is 0 Å². The average molecular weight is 326 g/mol. The van der Waals surface area contributed by atoms with Gasteiger partial charge in [-0.3, -0.25) is 0 Å². The molecule has 1 atom stereocenters. The quantitative estimate of drug-likeness (QED) is 0.916. The third-order valence-electron chi connectivity index (χ3n) is 3.06. The van der Waals surface area contributed by atoms with Gasteiger partial charge in [-0.05, 0) is 36.8 Å². The molecule has 0 aliphatic carbocycles. The van der Waals surface area contributed by atoms with Gasteiger partial charge in [0.15, 0.2) is 0 Å². The molecule has 0 bridgehead atoms. The van der Waals surface area contributed by atoms with Crippen LogP contribution >= 0.6 is 11.6 Å². The first kappa shape index (κ1) is 15.8. The van der Waals surface area contributed by atoms with E-state index >= 15 is 0 Å². The van der Waals surface area contributed by atoms with E-state index in [1.54, 1.807) is 49.4 Å². The molecule has 0 aromatic heterocycles. The summed E-state index contributed by atoms with van der Waals surface area (Å²) in [5.74, 6) is 0.313. The molecule has 2 rings (SSSR count). The molecule has 0 spiro atoms. The van der Waals surface area contributed by atoms with E-state index in [2.05, 4.69) is 4.72 Å². The number of hydrogen-bond donors (Lipinski definition) is 1. The zero-order chi connectivity index (χ0) is 15.5. The molecule has 6 heteroatoms. The number of ether oxygens (including phenoxy) is 1. The molecule has 0 radical (unpaired) electrons. The molecule has 4 nitrogen and oxygen atoms in total. The number of para-hydroxylation sites is 1. The molecule has 2 aromatic rings. The number of halogens is 1. The Labute approximate surface area is 129 Å². The Balaban J connectivity index is 2.26. The lowest BCUT2D eigenvalue weighted by Gasteiger charge is -2.16.